The van der Waals surface area contributed by atoms with Gasteiger partial charge in [0, 0.05) is 25.0 Å². The van der Waals surface area contributed by atoms with E-state index in [2.05, 4.69) is 10.4 Å². The Morgan fingerprint density at radius 3 is 2.79 bits per heavy atom. The second kappa shape index (κ2) is 5.30. The van der Waals surface area contributed by atoms with Crippen LogP contribution < -0.4 is 11.1 Å². The number of primary amides is 1. The van der Waals surface area contributed by atoms with E-state index in [1.165, 1.54) is 6.26 Å². The maximum Gasteiger partial charge on any atom is 0.269 e. The Bertz CT molecular complexity index is 558. The number of nitrogens with zero attached hydrogens (tertiary/aromatic N) is 2. The predicted molar refractivity (Wildman–Crippen MR) is 70.4 cm³/mol. The highest BCUT2D eigenvalue weighted by atomic mass is 32.2. The van der Waals surface area contributed by atoms with Gasteiger partial charge in [-0.25, -0.2) is 8.42 Å². The first kappa shape index (κ1) is 14.0. The predicted octanol–water partition coefficient (Wildman–Crippen LogP) is -0.853. The standard InChI is InChI=1S/C11H18N4O3S/c1-19(17,18)9-3-2-8(13-6-9)7-15-5-4-10(14-15)11(12)16/h4-5,8-9,13H,2-3,6-7H2,1H3,(H2,12,16)/t8-,9+/m0/s1. The molecule has 1 fully saturated rings. The van der Waals surface area contributed by atoms with Crippen molar-refractivity contribution >= 4 is 15.7 Å². The lowest BCUT2D eigenvalue weighted by Crippen LogP contribution is -2.46. The minimum atomic E-state index is -2.98. The molecular weight excluding hydrogens is 268 g/mol. The van der Waals surface area contributed by atoms with Crippen molar-refractivity contribution in [2.24, 2.45) is 5.73 Å². The minimum Gasteiger partial charge on any atom is -0.364 e. The highest BCUT2D eigenvalue weighted by Gasteiger charge is 2.27. The molecule has 0 spiro atoms. The van der Waals surface area contributed by atoms with E-state index in [4.69, 9.17) is 5.73 Å². The number of sulfone groups is 1. The van der Waals surface area contributed by atoms with Crippen LogP contribution in [0.2, 0.25) is 0 Å². The van der Waals surface area contributed by atoms with Crippen molar-refractivity contribution in [1.82, 2.24) is 15.1 Å². The summed E-state index contributed by atoms with van der Waals surface area (Å²) in [4.78, 5) is 10.9. The first-order valence-corrected chi connectivity index (χ1v) is 8.07. The van der Waals surface area contributed by atoms with Crippen LogP contribution in [-0.2, 0) is 16.4 Å². The molecule has 106 valence electrons. The van der Waals surface area contributed by atoms with Crippen LogP contribution in [0, 0.1) is 0 Å². The van der Waals surface area contributed by atoms with Crippen molar-refractivity contribution in [1.29, 1.82) is 0 Å². The molecule has 0 unspecified atom stereocenters. The molecule has 2 heterocycles. The van der Waals surface area contributed by atoms with Crippen molar-refractivity contribution in [3.8, 4) is 0 Å². The second-order valence-corrected chi connectivity index (χ2v) is 7.25. The molecule has 0 bridgehead atoms. The molecule has 0 aliphatic carbocycles. The van der Waals surface area contributed by atoms with Gasteiger partial charge in [-0.3, -0.25) is 9.48 Å². The zero-order valence-corrected chi connectivity index (χ0v) is 11.6. The van der Waals surface area contributed by atoms with Crippen LogP contribution in [-0.4, -0.2) is 48.2 Å². The molecule has 19 heavy (non-hydrogen) atoms. The second-order valence-electron chi connectivity index (χ2n) is 4.92. The third-order valence-corrected chi connectivity index (χ3v) is 4.99. The summed E-state index contributed by atoms with van der Waals surface area (Å²) in [7, 11) is -2.98. The number of piperidine rings is 1. The number of aromatic nitrogens is 2. The topological polar surface area (TPSA) is 107 Å². The lowest BCUT2D eigenvalue weighted by Gasteiger charge is -2.28. The van der Waals surface area contributed by atoms with Gasteiger partial charge in [0.2, 0.25) is 0 Å². The molecule has 0 aromatic carbocycles. The van der Waals surface area contributed by atoms with Gasteiger partial charge < -0.3 is 11.1 Å². The van der Waals surface area contributed by atoms with Crippen molar-refractivity contribution in [3.63, 3.8) is 0 Å². The number of carbonyl (C=O) groups excluding carboxylic acids is 1. The first-order chi connectivity index (χ1) is 8.86. The van der Waals surface area contributed by atoms with Gasteiger partial charge in [-0.2, -0.15) is 5.10 Å². The van der Waals surface area contributed by atoms with Gasteiger partial charge in [-0.15, -0.1) is 0 Å². The van der Waals surface area contributed by atoms with Crippen LogP contribution in [0.15, 0.2) is 12.3 Å². The zero-order chi connectivity index (χ0) is 14.0. The summed E-state index contributed by atoms with van der Waals surface area (Å²) >= 11 is 0. The van der Waals surface area contributed by atoms with Gasteiger partial charge in [0.15, 0.2) is 9.84 Å². The Hall–Kier alpha value is -1.41. The normalized spacial score (nSPS) is 24.3. The van der Waals surface area contributed by atoms with Gasteiger partial charge in [0.25, 0.3) is 5.91 Å². The number of nitrogens with one attached hydrogen (secondary N) is 1. The Balaban J connectivity index is 1.90. The fraction of sp³-hybridized carbons (Fsp3) is 0.636. The highest BCUT2D eigenvalue weighted by molar-refractivity contribution is 7.91. The number of rotatable bonds is 4. The fourth-order valence-electron chi connectivity index (χ4n) is 2.23. The SMILES string of the molecule is CS(=O)(=O)[C@@H]1CC[C@@H](Cn2ccc(C(N)=O)n2)NC1. The summed E-state index contributed by atoms with van der Waals surface area (Å²) in [6, 6.07) is 1.74. The summed E-state index contributed by atoms with van der Waals surface area (Å²) < 4.78 is 24.5. The quantitative estimate of drug-likeness (QED) is 0.749. The van der Waals surface area contributed by atoms with Crippen molar-refractivity contribution in [2.45, 2.75) is 30.7 Å². The van der Waals surface area contributed by atoms with E-state index in [9.17, 15) is 13.2 Å². The van der Waals surface area contributed by atoms with Gasteiger partial charge in [0.05, 0.1) is 11.8 Å². The Kier molecular flexibility index (Phi) is 3.91. The van der Waals surface area contributed by atoms with Crippen LogP contribution >= 0.6 is 0 Å². The average Bonchev–Trinajstić information content (AvgIpc) is 2.77. The summed E-state index contributed by atoms with van der Waals surface area (Å²) in [6.45, 7) is 1.07. The van der Waals surface area contributed by atoms with Crippen molar-refractivity contribution in [2.75, 3.05) is 12.8 Å². The lowest BCUT2D eigenvalue weighted by atomic mass is 10.0. The average molecular weight is 286 g/mol. The molecule has 8 heteroatoms. The first-order valence-electron chi connectivity index (χ1n) is 6.12. The minimum absolute atomic E-state index is 0.165. The zero-order valence-electron chi connectivity index (χ0n) is 10.7. The van der Waals surface area contributed by atoms with E-state index < -0.39 is 15.7 Å². The van der Waals surface area contributed by atoms with E-state index in [-0.39, 0.29) is 17.0 Å². The molecule has 2 atom stereocenters. The molecule has 1 aromatic heterocycles. The molecule has 3 N–H and O–H groups in total. The van der Waals surface area contributed by atoms with Crippen molar-refractivity contribution < 1.29 is 13.2 Å². The molecule has 1 aliphatic rings. The third-order valence-electron chi connectivity index (χ3n) is 3.38. The molecule has 7 nitrogen and oxygen atoms in total. The number of hydrogen-bond donors (Lipinski definition) is 2. The third kappa shape index (κ3) is 3.54. The number of carbonyl (C=O) groups is 1. The Morgan fingerprint density at radius 1 is 1.58 bits per heavy atom. The number of amides is 1. The summed E-state index contributed by atoms with van der Waals surface area (Å²) in [6.07, 6.45) is 4.39. The molecular formula is C11H18N4O3S. The largest absolute Gasteiger partial charge is 0.364 e. The Morgan fingerprint density at radius 2 is 2.32 bits per heavy atom. The van der Waals surface area contributed by atoms with Crippen LogP contribution in [0.5, 0.6) is 0 Å². The summed E-state index contributed by atoms with van der Waals surface area (Å²) in [5, 5.41) is 6.96. The monoisotopic (exact) mass is 286 g/mol. The molecule has 1 saturated heterocycles. The van der Waals surface area contributed by atoms with E-state index in [1.54, 1.807) is 16.9 Å². The maximum atomic E-state index is 11.4. The van der Waals surface area contributed by atoms with Gasteiger partial charge in [-0.1, -0.05) is 0 Å². The molecule has 2 rings (SSSR count). The molecule has 1 aliphatic heterocycles. The van der Waals surface area contributed by atoms with Crippen LogP contribution in [0.3, 0.4) is 0 Å². The summed E-state index contributed by atoms with van der Waals surface area (Å²) in [5.74, 6) is -0.549. The lowest BCUT2D eigenvalue weighted by molar-refractivity contribution is 0.0994. The van der Waals surface area contributed by atoms with E-state index >= 15 is 0 Å². The smallest absolute Gasteiger partial charge is 0.269 e. The van der Waals surface area contributed by atoms with Gasteiger partial charge >= 0.3 is 0 Å². The fourth-order valence-corrected chi connectivity index (χ4v) is 3.19. The van der Waals surface area contributed by atoms with Crippen LogP contribution in [0.25, 0.3) is 0 Å². The van der Waals surface area contributed by atoms with Crippen LogP contribution in [0.1, 0.15) is 23.3 Å². The van der Waals surface area contributed by atoms with E-state index in [1.807, 2.05) is 0 Å². The molecule has 0 saturated carbocycles. The van der Waals surface area contributed by atoms with Gasteiger partial charge in [-0.05, 0) is 18.9 Å². The van der Waals surface area contributed by atoms with E-state index in [0.29, 0.717) is 19.5 Å². The van der Waals surface area contributed by atoms with E-state index in [0.717, 1.165) is 6.42 Å². The van der Waals surface area contributed by atoms with Gasteiger partial charge in [0.1, 0.15) is 5.69 Å². The molecule has 1 aromatic rings. The summed E-state index contributed by atoms with van der Waals surface area (Å²) in [5.41, 5.74) is 5.37. The molecule has 1 amide bonds. The maximum absolute atomic E-state index is 11.4. The number of hydrogen-bond acceptors (Lipinski definition) is 5. The van der Waals surface area contributed by atoms with Crippen molar-refractivity contribution in [3.05, 3.63) is 18.0 Å². The number of nitrogens with two attached hydrogens (primary N) is 1. The van der Waals surface area contributed by atoms with Crippen LogP contribution in [0.4, 0.5) is 0 Å². The Labute approximate surface area is 112 Å². The molecule has 0 radical (unpaired) electrons. The highest BCUT2D eigenvalue weighted by Crippen LogP contribution is 2.15.